The molecule has 0 aliphatic heterocycles. The number of aromatic nitrogens is 1. The number of para-hydroxylation sites is 1. The molecule has 0 unspecified atom stereocenters. The fourth-order valence-electron chi connectivity index (χ4n) is 1.59. The van der Waals surface area contributed by atoms with E-state index in [2.05, 4.69) is 10.3 Å². The van der Waals surface area contributed by atoms with E-state index >= 15 is 0 Å². The lowest BCUT2D eigenvalue weighted by Crippen LogP contribution is -2.00. The Morgan fingerprint density at radius 1 is 1.22 bits per heavy atom. The Hall–Kier alpha value is -2.07. The molecule has 1 aromatic heterocycles. The molecule has 94 valence electrons. The molecule has 4 nitrogen and oxygen atoms in total. The molecule has 2 N–H and O–H groups in total. The summed E-state index contributed by atoms with van der Waals surface area (Å²) >= 11 is 0. The lowest BCUT2D eigenvalue weighted by Gasteiger charge is -2.10. The Balaban J connectivity index is 2.02. The zero-order chi connectivity index (χ0) is 12.8. The maximum absolute atomic E-state index is 9.18. The molecule has 0 spiro atoms. The lowest BCUT2D eigenvalue weighted by molar-refractivity contribution is 0.259. The summed E-state index contributed by atoms with van der Waals surface area (Å²) in [6, 6.07) is 11.3. The second kappa shape index (κ2) is 6.02. The van der Waals surface area contributed by atoms with Crippen LogP contribution in [0.15, 0.2) is 42.6 Å². The van der Waals surface area contributed by atoms with Crippen molar-refractivity contribution in [2.24, 2.45) is 0 Å². The topological polar surface area (TPSA) is 54.4 Å². The van der Waals surface area contributed by atoms with E-state index in [1.54, 1.807) is 6.20 Å². The van der Waals surface area contributed by atoms with Crippen molar-refractivity contribution >= 4 is 5.82 Å². The van der Waals surface area contributed by atoms with E-state index in [1.807, 2.05) is 43.4 Å². The number of benzene rings is 1. The molecule has 1 heterocycles. The second-order valence-corrected chi connectivity index (χ2v) is 3.86. The molecule has 0 radical (unpaired) electrons. The quantitative estimate of drug-likeness (QED) is 0.846. The number of hydrogen-bond acceptors (Lipinski definition) is 4. The van der Waals surface area contributed by atoms with Gasteiger partial charge in [0.25, 0.3) is 0 Å². The van der Waals surface area contributed by atoms with Crippen LogP contribution in [0.2, 0.25) is 0 Å². The van der Waals surface area contributed by atoms with Crippen LogP contribution in [0.3, 0.4) is 0 Å². The summed E-state index contributed by atoms with van der Waals surface area (Å²) < 4.78 is 5.67. The molecule has 0 aliphatic carbocycles. The van der Waals surface area contributed by atoms with E-state index in [9.17, 15) is 5.11 Å². The third-order valence-corrected chi connectivity index (χ3v) is 2.62. The number of nitrogens with zero attached hydrogens (tertiary/aromatic N) is 1. The largest absolute Gasteiger partial charge is 0.488 e. The fourth-order valence-corrected chi connectivity index (χ4v) is 1.59. The van der Waals surface area contributed by atoms with Crippen LogP contribution in [-0.4, -0.2) is 17.1 Å². The number of ether oxygens (including phenoxy) is 1. The number of aliphatic hydroxyl groups is 1. The first-order valence-corrected chi connectivity index (χ1v) is 5.77. The van der Waals surface area contributed by atoms with Gasteiger partial charge in [-0.1, -0.05) is 24.3 Å². The fraction of sp³-hybridized carbons (Fsp3) is 0.214. The Morgan fingerprint density at radius 3 is 2.72 bits per heavy atom. The number of hydrogen-bond donors (Lipinski definition) is 2. The van der Waals surface area contributed by atoms with Crippen molar-refractivity contribution in [3.05, 3.63) is 53.7 Å². The van der Waals surface area contributed by atoms with E-state index in [-0.39, 0.29) is 6.61 Å². The first-order chi connectivity index (χ1) is 8.83. The monoisotopic (exact) mass is 244 g/mol. The van der Waals surface area contributed by atoms with Crippen molar-refractivity contribution in [2.45, 2.75) is 13.2 Å². The average Bonchev–Trinajstić information content (AvgIpc) is 2.46. The third-order valence-electron chi connectivity index (χ3n) is 2.62. The number of rotatable bonds is 5. The molecule has 0 saturated carbocycles. The minimum absolute atomic E-state index is 0.0207. The van der Waals surface area contributed by atoms with Gasteiger partial charge in [-0.25, -0.2) is 4.98 Å². The van der Waals surface area contributed by atoms with Crippen molar-refractivity contribution in [3.8, 4) is 5.75 Å². The van der Waals surface area contributed by atoms with Gasteiger partial charge in [-0.2, -0.15) is 0 Å². The molecule has 0 saturated heterocycles. The van der Waals surface area contributed by atoms with Crippen molar-refractivity contribution < 1.29 is 9.84 Å². The van der Waals surface area contributed by atoms with Gasteiger partial charge in [0.1, 0.15) is 18.2 Å². The van der Waals surface area contributed by atoms with Crippen LogP contribution in [0.1, 0.15) is 11.1 Å². The standard InChI is InChI=1S/C14H16N2O2/c1-15-14-7-6-11(8-16-14)10-18-13-5-3-2-4-12(13)9-17/h2-8,17H,9-10H2,1H3,(H,15,16). The first-order valence-electron chi connectivity index (χ1n) is 5.77. The smallest absolute Gasteiger partial charge is 0.125 e. The van der Waals surface area contributed by atoms with Gasteiger partial charge >= 0.3 is 0 Å². The van der Waals surface area contributed by atoms with Gasteiger partial charge in [-0.3, -0.25) is 0 Å². The molecule has 4 heteroatoms. The molecule has 0 bridgehead atoms. The highest BCUT2D eigenvalue weighted by molar-refractivity contribution is 5.35. The zero-order valence-electron chi connectivity index (χ0n) is 10.3. The van der Waals surface area contributed by atoms with Crippen LogP contribution in [0.5, 0.6) is 5.75 Å². The predicted molar refractivity (Wildman–Crippen MR) is 70.5 cm³/mol. The maximum Gasteiger partial charge on any atom is 0.125 e. The summed E-state index contributed by atoms with van der Waals surface area (Å²) in [5.74, 6) is 1.53. The van der Waals surface area contributed by atoms with Crippen molar-refractivity contribution in [3.63, 3.8) is 0 Å². The summed E-state index contributed by atoms with van der Waals surface area (Å²) in [4.78, 5) is 4.21. The number of pyridine rings is 1. The summed E-state index contributed by atoms with van der Waals surface area (Å²) in [5.41, 5.74) is 1.78. The van der Waals surface area contributed by atoms with Gasteiger partial charge < -0.3 is 15.2 Å². The van der Waals surface area contributed by atoms with Crippen molar-refractivity contribution in [1.29, 1.82) is 0 Å². The molecular weight excluding hydrogens is 228 g/mol. The van der Waals surface area contributed by atoms with E-state index in [0.29, 0.717) is 12.4 Å². The molecule has 0 aliphatic rings. The van der Waals surface area contributed by atoms with E-state index < -0.39 is 0 Å². The Bertz CT molecular complexity index is 497. The van der Waals surface area contributed by atoms with Crippen LogP contribution >= 0.6 is 0 Å². The van der Waals surface area contributed by atoms with Crippen LogP contribution in [0.4, 0.5) is 5.82 Å². The van der Waals surface area contributed by atoms with Crippen LogP contribution < -0.4 is 10.1 Å². The number of aliphatic hydroxyl groups excluding tert-OH is 1. The number of nitrogens with one attached hydrogen (secondary N) is 1. The van der Waals surface area contributed by atoms with Gasteiger partial charge in [0, 0.05) is 24.4 Å². The van der Waals surface area contributed by atoms with Gasteiger partial charge in [0.15, 0.2) is 0 Å². The lowest BCUT2D eigenvalue weighted by atomic mass is 10.2. The zero-order valence-corrected chi connectivity index (χ0v) is 10.3. The van der Waals surface area contributed by atoms with E-state index in [0.717, 1.165) is 16.9 Å². The van der Waals surface area contributed by atoms with Crippen LogP contribution in [0.25, 0.3) is 0 Å². The Kier molecular flexibility index (Phi) is 4.15. The highest BCUT2D eigenvalue weighted by atomic mass is 16.5. The minimum atomic E-state index is -0.0207. The Morgan fingerprint density at radius 2 is 2.06 bits per heavy atom. The maximum atomic E-state index is 9.18. The summed E-state index contributed by atoms with van der Waals surface area (Å²) in [5, 5.41) is 12.1. The molecule has 1 aromatic carbocycles. The van der Waals surface area contributed by atoms with E-state index in [4.69, 9.17) is 4.74 Å². The van der Waals surface area contributed by atoms with Crippen LogP contribution in [-0.2, 0) is 13.2 Å². The van der Waals surface area contributed by atoms with Crippen molar-refractivity contribution in [2.75, 3.05) is 12.4 Å². The first kappa shape index (κ1) is 12.4. The molecule has 2 rings (SSSR count). The molecule has 0 atom stereocenters. The van der Waals surface area contributed by atoms with E-state index in [1.165, 1.54) is 0 Å². The number of anilines is 1. The second-order valence-electron chi connectivity index (χ2n) is 3.86. The minimum Gasteiger partial charge on any atom is -0.488 e. The molecular formula is C14H16N2O2. The van der Waals surface area contributed by atoms with Gasteiger partial charge in [0.05, 0.1) is 6.61 Å². The van der Waals surface area contributed by atoms with Crippen molar-refractivity contribution in [1.82, 2.24) is 4.98 Å². The highest BCUT2D eigenvalue weighted by Crippen LogP contribution is 2.19. The summed E-state index contributed by atoms with van der Waals surface area (Å²) in [6.07, 6.45) is 1.77. The molecule has 0 fully saturated rings. The molecule has 0 amide bonds. The van der Waals surface area contributed by atoms with Crippen LogP contribution in [0, 0.1) is 0 Å². The SMILES string of the molecule is CNc1ccc(COc2ccccc2CO)cn1. The molecule has 2 aromatic rings. The average molecular weight is 244 g/mol. The normalized spacial score (nSPS) is 10.1. The highest BCUT2D eigenvalue weighted by Gasteiger charge is 2.02. The summed E-state index contributed by atoms with van der Waals surface area (Å²) in [6.45, 7) is 0.418. The van der Waals surface area contributed by atoms with Gasteiger partial charge in [0.2, 0.25) is 0 Å². The van der Waals surface area contributed by atoms with Gasteiger partial charge in [-0.15, -0.1) is 0 Å². The van der Waals surface area contributed by atoms with Gasteiger partial charge in [-0.05, 0) is 12.1 Å². The third kappa shape index (κ3) is 2.99. The predicted octanol–water partition coefficient (Wildman–Crippen LogP) is 2.19. The Labute approximate surface area is 106 Å². The summed E-state index contributed by atoms with van der Waals surface area (Å²) in [7, 11) is 1.83. The molecule has 18 heavy (non-hydrogen) atoms.